The Morgan fingerprint density at radius 1 is 0.933 bits per heavy atom. The molecule has 3 aromatic carbocycles. The van der Waals surface area contributed by atoms with Crippen LogP contribution in [0.3, 0.4) is 0 Å². The minimum absolute atomic E-state index is 0.307. The molecule has 148 valence electrons. The molecule has 0 aliphatic carbocycles. The number of imide groups is 1. The molecule has 1 fully saturated rings. The zero-order valence-electron chi connectivity index (χ0n) is 16.2. The predicted molar refractivity (Wildman–Crippen MR) is 112 cm³/mol. The number of Topliss-reactive ketones (excluding diaryl/α,β-unsaturated/α-hetero) is 1. The molecule has 0 spiro atoms. The average molecular weight is 398 g/mol. The van der Waals surface area contributed by atoms with Gasteiger partial charge in [-0.3, -0.25) is 14.5 Å². The number of carbonyl (C=O) groups is 3. The van der Waals surface area contributed by atoms with Crippen molar-refractivity contribution in [3.05, 3.63) is 84.1 Å². The summed E-state index contributed by atoms with van der Waals surface area (Å²) in [5, 5.41) is 5.46. The lowest BCUT2D eigenvalue weighted by atomic mass is 9.98. The molecular weight excluding hydrogens is 380 g/mol. The van der Waals surface area contributed by atoms with Gasteiger partial charge in [-0.25, -0.2) is 4.79 Å². The van der Waals surface area contributed by atoms with Crippen LogP contribution in [0.15, 0.2) is 77.2 Å². The van der Waals surface area contributed by atoms with Crippen LogP contribution in [0.2, 0.25) is 0 Å². The van der Waals surface area contributed by atoms with Crippen molar-refractivity contribution in [3.8, 4) is 0 Å². The molecule has 30 heavy (non-hydrogen) atoms. The van der Waals surface area contributed by atoms with Crippen LogP contribution in [0.25, 0.3) is 21.7 Å². The summed E-state index contributed by atoms with van der Waals surface area (Å²) in [6.07, 6.45) is 0. The molecule has 0 saturated carbocycles. The first-order chi connectivity index (χ1) is 14.5. The van der Waals surface area contributed by atoms with E-state index in [4.69, 9.17) is 4.42 Å². The van der Waals surface area contributed by atoms with Crippen LogP contribution in [-0.4, -0.2) is 29.2 Å². The van der Waals surface area contributed by atoms with E-state index in [1.165, 1.54) is 0 Å². The minimum Gasteiger partial charge on any atom is -0.458 e. The van der Waals surface area contributed by atoms with Crippen LogP contribution in [0.4, 0.5) is 4.79 Å². The molecule has 1 atom stereocenters. The molecule has 1 unspecified atom stereocenters. The van der Waals surface area contributed by atoms with Gasteiger partial charge in [-0.2, -0.15) is 0 Å². The number of para-hydroxylation sites is 1. The quantitative estimate of drug-likeness (QED) is 0.412. The Kier molecular flexibility index (Phi) is 3.96. The summed E-state index contributed by atoms with van der Waals surface area (Å²) in [6, 6.07) is 21.5. The number of fused-ring (bicyclic) bond motifs is 2. The summed E-state index contributed by atoms with van der Waals surface area (Å²) in [7, 11) is 0. The van der Waals surface area contributed by atoms with Gasteiger partial charge in [0.15, 0.2) is 11.3 Å². The third kappa shape index (κ3) is 2.76. The maximum absolute atomic E-state index is 13.1. The van der Waals surface area contributed by atoms with Gasteiger partial charge in [-0.1, -0.05) is 54.6 Å². The Morgan fingerprint density at radius 3 is 2.40 bits per heavy atom. The molecular formula is C24H18N2O4. The Balaban J connectivity index is 1.42. The third-order valence-corrected chi connectivity index (χ3v) is 5.57. The van der Waals surface area contributed by atoms with Crippen LogP contribution in [0.1, 0.15) is 23.0 Å². The van der Waals surface area contributed by atoms with E-state index in [1.807, 2.05) is 48.5 Å². The summed E-state index contributed by atoms with van der Waals surface area (Å²) >= 11 is 0. The molecule has 1 aliphatic heterocycles. The lowest BCUT2D eigenvalue weighted by molar-refractivity contribution is -0.131. The van der Waals surface area contributed by atoms with Gasteiger partial charge in [0.25, 0.3) is 5.91 Å². The molecule has 6 nitrogen and oxygen atoms in total. The SMILES string of the molecule is CC1(c2cc3ccccc3o2)NC(=O)N(CC(=O)c2ccc3ccccc3c2)C1=O. The zero-order chi connectivity index (χ0) is 20.9. The highest BCUT2D eigenvalue weighted by atomic mass is 16.3. The summed E-state index contributed by atoms with van der Waals surface area (Å²) in [6.45, 7) is 1.25. The van der Waals surface area contributed by atoms with Gasteiger partial charge in [0.2, 0.25) is 0 Å². The molecule has 6 heteroatoms. The number of ketones is 1. The van der Waals surface area contributed by atoms with Gasteiger partial charge in [-0.15, -0.1) is 0 Å². The lowest BCUT2D eigenvalue weighted by Gasteiger charge is -2.18. The number of urea groups is 1. The Labute approximate surface area is 172 Å². The highest BCUT2D eigenvalue weighted by Crippen LogP contribution is 2.33. The maximum Gasteiger partial charge on any atom is 0.325 e. The Morgan fingerprint density at radius 2 is 1.63 bits per heavy atom. The molecule has 1 saturated heterocycles. The second-order valence-corrected chi connectivity index (χ2v) is 7.58. The van der Waals surface area contributed by atoms with Crippen molar-refractivity contribution in [3.63, 3.8) is 0 Å². The van der Waals surface area contributed by atoms with E-state index in [0.29, 0.717) is 16.9 Å². The number of hydrogen-bond donors (Lipinski definition) is 1. The highest BCUT2D eigenvalue weighted by Gasteiger charge is 2.51. The van der Waals surface area contributed by atoms with Crippen molar-refractivity contribution in [2.75, 3.05) is 6.54 Å². The molecule has 3 amide bonds. The number of nitrogens with one attached hydrogen (secondary N) is 1. The van der Waals surface area contributed by atoms with E-state index < -0.39 is 17.5 Å². The summed E-state index contributed by atoms with van der Waals surface area (Å²) < 4.78 is 5.81. The lowest BCUT2D eigenvalue weighted by Crippen LogP contribution is -2.41. The fraction of sp³-hybridized carbons (Fsp3) is 0.125. The van der Waals surface area contributed by atoms with Crippen molar-refractivity contribution in [1.29, 1.82) is 0 Å². The first kappa shape index (κ1) is 18.1. The van der Waals surface area contributed by atoms with Crippen LogP contribution in [0, 0.1) is 0 Å². The van der Waals surface area contributed by atoms with E-state index in [0.717, 1.165) is 21.1 Å². The molecule has 1 aromatic heterocycles. The van der Waals surface area contributed by atoms with E-state index in [1.54, 1.807) is 31.2 Å². The van der Waals surface area contributed by atoms with E-state index in [2.05, 4.69) is 5.32 Å². The molecule has 4 aromatic rings. The average Bonchev–Trinajstić information content (AvgIpc) is 3.29. The molecule has 2 heterocycles. The number of nitrogens with zero attached hydrogens (tertiary/aromatic N) is 1. The third-order valence-electron chi connectivity index (χ3n) is 5.57. The molecule has 5 rings (SSSR count). The second kappa shape index (κ2) is 6.56. The number of hydrogen-bond acceptors (Lipinski definition) is 4. The largest absolute Gasteiger partial charge is 0.458 e. The number of carbonyl (C=O) groups excluding carboxylic acids is 3. The van der Waals surface area contributed by atoms with Crippen molar-refractivity contribution >= 4 is 39.5 Å². The maximum atomic E-state index is 13.1. The normalized spacial score (nSPS) is 18.9. The number of furan rings is 1. The van der Waals surface area contributed by atoms with Crippen LogP contribution >= 0.6 is 0 Å². The van der Waals surface area contributed by atoms with Crippen LogP contribution in [-0.2, 0) is 10.3 Å². The van der Waals surface area contributed by atoms with Crippen LogP contribution < -0.4 is 5.32 Å². The Hall–Kier alpha value is -3.93. The number of amides is 3. The van der Waals surface area contributed by atoms with E-state index >= 15 is 0 Å². The molecule has 0 bridgehead atoms. The number of rotatable bonds is 4. The zero-order valence-corrected chi connectivity index (χ0v) is 16.2. The summed E-state index contributed by atoms with van der Waals surface area (Å²) in [5.41, 5.74) is -0.284. The Bertz CT molecular complexity index is 1310. The number of benzene rings is 3. The van der Waals surface area contributed by atoms with Gasteiger partial charge in [0, 0.05) is 10.9 Å². The predicted octanol–water partition coefficient (Wildman–Crippen LogP) is 4.24. The second-order valence-electron chi connectivity index (χ2n) is 7.58. The fourth-order valence-corrected chi connectivity index (χ4v) is 3.83. The molecule has 1 N–H and O–H groups in total. The first-order valence-corrected chi connectivity index (χ1v) is 9.61. The van der Waals surface area contributed by atoms with Gasteiger partial charge >= 0.3 is 6.03 Å². The molecule has 0 radical (unpaired) electrons. The monoisotopic (exact) mass is 398 g/mol. The van der Waals surface area contributed by atoms with Gasteiger partial charge < -0.3 is 9.73 Å². The highest BCUT2D eigenvalue weighted by molar-refractivity contribution is 6.11. The van der Waals surface area contributed by atoms with E-state index in [-0.39, 0.29) is 12.3 Å². The topological polar surface area (TPSA) is 79.6 Å². The van der Waals surface area contributed by atoms with Crippen molar-refractivity contribution in [2.24, 2.45) is 0 Å². The summed E-state index contributed by atoms with van der Waals surface area (Å²) in [4.78, 5) is 39.5. The minimum atomic E-state index is -1.36. The van der Waals surface area contributed by atoms with Crippen molar-refractivity contribution in [1.82, 2.24) is 10.2 Å². The standard InChI is InChI=1S/C24H18N2O4/c1-24(21-13-18-8-4-5-9-20(18)30-21)22(28)26(23(29)25-24)14-19(27)17-11-10-15-6-2-3-7-16(15)12-17/h2-13H,14H2,1H3,(H,25,29). The van der Waals surface area contributed by atoms with Crippen molar-refractivity contribution in [2.45, 2.75) is 12.5 Å². The van der Waals surface area contributed by atoms with Gasteiger partial charge in [0.05, 0.1) is 6.54 Å². The van der Waals surface area contributed by atoms with Gasteiger partial charge in [0.1, 0.15) is 11.3 Å². The van der Waals surface area contributed by atoms with Crippen molar-refractivity contribution < 1.29 is 18.8 Å². The van der Waals surface area contributed by atoms with E-state index in [9.17, 15) is 14.4 Å². The fourth-order valence-electron chi connectivity index (χ4n) is 3.83. The van der Waals surface area contributed by atoms with Crippen LogP contribution in [0.5, 0.6) is 0 Å². The molecule has 1 aliphatic rings. The van der Waals surface area contributed by atoms with Gasteiger partial charge in [-0.05, 0) is 35.9 Å². The summed E-state index contributed by atoms with van der Waals surface area (Å²) in [5.74, 6) is -0.485. The first-order valence-electron chi connectivity index (χ1n) is 9.61. The smallest absolute Gasteiger partial charge is 0.325 e.